The Morgan fingerprint density at radius 1 is 1.29 bits per heavy atom. The molecule has 1 aliphatic carbocycles. The van der Waals surface area contributed by atoms with Gasteiger partial charge in [0.15, 0.2) is 0 Å². The van der Waals surface area contributed by atoms with Crippen molar-refractivity contribution in [1.29, 1.82) is 0 Å². The van der Waals surface area contributed by atoms with E-state index >= 15 is 0 Å². The van der Waals surface area contributed by atoms with Crippen LogP contribution in [0, 0.1) is 11.8 Å². The number of carbonyl (C=O) groups is 1. The largest absolute Gasteiger partial charge is 0.444 e. The van der Waals surface area contributed by atoms with E-state index in [-0.39, 0.29) is 12.1 Å². The summed E-state index contributed by atoms with van der Waals surface area (Å²) in [6.45, 7) is 10.4. The molecule has 5 heteroatoms. The Balaban J connectivity index is 1.75. The van der Waals surface area contributed by atoms with Gasteiger partial charge in [0.1, 0.15) is 5.60 Å². The Morgan fingerprint density at radius 3 is 2.52 bits per heavy atom. The van der Waals surface area contributed by atoms with Crippen LogP contribution in [0.2, 0.25) is 0 Å². The monoisotopic (exact) mass is 298 g/mol. The van der Waals surface area contributed by atoms with Crippen LogP contribution >= 0.6 is 0 Å². The second-order valence-corrected chi connectivity index (χ2v) is 7.41. The van der Waals surface area contributed by atoms with Crippen LogP contribution < -0.4 is 10.6 Å². The minimum Gasteiger partial charge on any atom is -0.444 e. The number of amides is 1. The fraction of sp³-hybridized carbons (Fsp3) is 0.938. The van der Waals surface area contributed by atoms with E-state index in [9.17, 15) is 4.79 Å². The molecule has 1 aliphatic heterocycles. The molecule has 1 saturated carbocycles. The van der Waals surface area contributed by atoms with Gasteiger partial charge in [0.2, 0.25) is 0 Å². The summed E-state index contributed by atoms with van der Waals surface area (Å²) < 4.78 is 10.8. The number of ether oxygens (including phenoxy) is 2. The van der Waals surface area contributed by atoms with Crippen LogP contribution in [-0.2, 0) is 9.47 Å². The van der Waals surface area contributed by atoms with E-state index in [0.717, 1.165) is 26.2 Å². The van der Waals surface area contributed by atoms with Crippen molar-refractivity contribution in [3.8, 4) is 0 Å². The predicted molar refractivity (Wildman–Crippen MR) is 82.3 cm³/mol. The molecule has 1 amide bonds. The van der Waals surface area contributed by atoms with Gasteiger partial charge in [-0.1, -0.05) is 0 Å². The third-order valence-corrected chi connectivity index (χ3v) is 4.22. The second-order valence-electron chi connectivity index (χ2n) is 7.41. The van der Waals surface area contributed by atoms with E-state index in [1.807, 2.05) is 20.8 Å². The fourth-order valence-electron chi connectivity index (χ4n) is 2.72. The van der Waals surface area contributed by atoms with Gasteiger partial charge in [-0.15, -0.1) is 0 Å². The maximum absolute atomic E-state index is 11.9. The Bertz CT molecular complexity index is 344. The lowest BCUT2D eigenvalue weighted by Gasteiger charge is -2.26. The molecule has 2 N–H and O–H groups in total. The molecular formula is C16H30N2O3. The van der Waals surface area contributed by atoms with Crippen molar-refractivity contribution in [2.45, 2.75) is 64.6 Å². The van der Waals surface area contributed by atoms with Gasteiger partial charge in [-0.05, 0) is 58.8 Å². The molecule has 2 fully saturated rings. The second kappa shape index (κ2) is 6.97. The zero-order valence-electron chi connectivity index (χ0n) is 13.8. The highest BCUT2D eigenvalue weighted by Crippen LogP contribution is 2.32. The molecule has 0 aromatic rings. The summed E-state index contributed by atoms with van der Waals surface area (Å²) in [6, 6.07) is 0.596. The lowest BCUT2D eigenvalue weighted by atomic mass is 10.0. The van der Waals surface area contributed by atoms with Crippen molar-refractivity contribution < 1.29 is 14.3 Å². The van der Waals surface area contributed by atoms with Gasteiger partial charge in [0.25, 0.3) is 0 Å². The molecule has 0 bridgehead atoms. The van der Waals surface area contributed by atoms with Crippen molar-refractivity contribution in [1.82, 2.24) is 10.6 Å². The fourth-order valence-corrected chi connectivity index (χ4v) is 2.72. The molecule has 0 aromatic carbocycles. The standard InChI is InChI=1S/C16H30N2O3/c1-11(13-7-8-20-10-13)17-9-14(12-5-6-12)18-15(19)21-16(2,3)4/h11-14,17H,5-10H2,1-4H3,(H,18,19). The zero-order valence-corrected chi connectivity index (χ0v) is 13.8. The lowest BCUT2D eigenvalue weighted by molar-refractivity contribution is 0.0496. The van der Waals surface area contributed by atoms with E-state index in [1.165, 1.54) is 12.8 Å². The van der Waals surface area contributed by atoms with Crippen LogP contribution in [0.15, 0.2) is 0 Å². The summed E-state index contributed by atoms with van der Waals surface area (Å²) in [5.41, 5.74) is -0.444. The van der Waals surface area contributed by atoms with Crippen LogP contribution in [0.1, 0.15) is 47.0 Å². The summed E-state index contributed by atoms with van der Waals surface area (Å²) in [7, 11) is 0. The Hall–Kier alpha value is -0.810. The van der Waals surface area contributed by atoms with Crippen LogP contribution in [0.3, 0.4) is 0 Å². The van der Waals surface area contributed by atoms with E-state index < -0.39 is 5.60 Å². The van der Waals surface area contributed by atoms with Gasteiger partial charge in [-0.3, -0.25) is 0 Å². The smallest absolute Gasteiger partial charge is 0.407 e. The van der Waals surface area contributed by atoms with E-state index in [4.69, 9.17) is 9.47 Å². The first kappa shape index (κ1) is 16.6. The molecule has 122 valence electrons. The molecule has 0 aromatic heterocycles. The van der Waals surface area contributed by atoms with Crippen molar-refractivity contribution >= 4 is 6.09 Å². The molecule has 1 saturated heterocycles. The molecule has 1 heterocycles. The van der Waals surface area contributed by atoms with E-state index in [1.54, 1.807) is 0 Å². The maximum Gasteiger partial charge on any atom is 0.407 e. The molecular weight excluding hydrogens is 268 g/mol. The first-order chi connectivity index (χ1) is 9.85. The average molecular weight is 298 g/mol. The molecule has 3 atom stereocenters. The number of hydrogen-bond acceptors (Lipinski definition) is 4. The van der Waals surface area contributed by atoms with Crippen LogP contribution in [0.25, 0.3) is 0 Å². The number of carbonyl (C=O) groups excluding carboxylic acids is 1. The van der Waals surface area contributed by atoms with Gasteiger partial charge in [0.05, 0.1) is 6.61 Å². The third kappa shape index (κ3) is 5.83. The van der Waals surface area contributed by atoms with Gasteiger partial charge >= 0.3 is 6.09 Å². The van der Waals surface area contributed by atoms with Crippen LogP contribution in [-0.4, -0.2) is 43.5 Å². The summed E-state index contributed by atoms with van der Waals surface area (Å²) in [5.74, 6) is 1.18. The minimum absolute atomic E-state index is 0.171. The quantitative estimate of drug-likeness (QED) is 0.790. The molecule has 3 unspecified atom stereocenters. The highest BCUT2D eigenvalue weighted by molar-refractivity contribution is 5.68. The van der Waals surface area contributed by atoms with Gasteiger partial charge in [-0.25, -0.2) is 4.79 Å². The summed E-state index contributed by atoms with van der Waals surface area (Å²) in [6.07, 6.45) is 3.21. The first-order valence-corrected chi connectivity index (χ1v) is 8.16. The van der Waals surface area contributed by atoms with E-state index in [0.29, 0.717) is 17.9 Å². The van der Waals surface area contributed by atoms with Crippen molar-refractivity contribution in [2.75, 3.05) is 19.8 Å². The van der Waals surface area contributed by atoms with Crippen molar-refractivity contribution in [2.24, 2.45) is 11.8 Å². The molecule has 2 rings (SSSR count). The van der Waals surface area contributed by atoms with E-state index in [2.05, 4.69) is 17.6 Å². The highest BCUT2D eigenvalue weighted by Gasteiger charge is 2.34. The normalized spacial score (nSPS) is 25.4. The topological polar surface area (TPSA) is 59.6 Å². The predicted octanol–water partition coefficient (Wildman–Crippen LogP) is 2.30. The number of alkyl carbamates (subject to hydrolysis) is 1. The highest BCUT2D eigenvalue weighted by atomic mass is 16.6. The van der Waals surface area contributed by atoms with Crippen LogP contribution in [0.5, 0.6) is 0 Å². The maximum atomic E-state index is 11.9. The zero-order chi connectivity index (χ0) is 15.5. The summed E-state index contributed by atoms with van der Waals surface area (Å²) in [4.78, 5) is 11.9. The molecule has 21 heavy (non-hydrogen) atoms. The Morgan fingerprint density at radius 2 is 2.00 bits per heavy atom. The molecule has 0 spiro atoms. The molecule has 5 nitrogen and oxygen atoms in total. The number of rotatable bonds is 6. The SMILES string of the molecule is CC(NCC(NC(=O)OC(C)(C)C)C1CC1)C1CCOC1. The Labute approximate surface area is 128 Å². The van der Waals surface area contributed by atoms with Crippen molar-refractivity contribution in [3.05, 3.63) is 0 Å². The third-order valence-electron chi connectivity index (χ3n) is 4.22. The van der Waals surface area contributed by atoms with Gasteiger partial charge in [-0.2, -0.15) is 0 Å². The number of nitrogens with one attached hydrogen (secondary N) is 2. The van der Waals surface area contributed by atoms with Crippen LogP contribution in [0.4, 0.5) is 4.79 Å². The Kier molecular flexibility index (Phi) is 5.49. The number of hydrogen-bond donors (Lipinski definition) is 2. The summed E-state index contributed by atoms with van der Waals surface area (Å²) >= 11 is 0. The molecule has 0 radical (unpaired) electrons. The minimum atomic E-state index is -0.444. The van der Waals surface area contributed by atoms with Crippen molar-refractivity contribution in [3.63, 3.8) is 0 Å². The molecule has 2 aliphatic rings. The van der Waals surface area contributed by atoms with Gasteiger partial charge < -0.3 is 20.1 Å². The van der Waals surface area contributed by atoms with Gasteiger partial charge in [0, 0.05) is 25.2 Å². The average Bonchev–Trinajstić information content (AvgIpc) is 3.06. The lowest BCUT2D eigenvalue weighted by Crippen LogP contribution is -2.48. The summed E-state index contributed by atoms with van der Waals surface area (Å²) in [5, 5.41) is 6.59. The first-order valence-electron chi connectivity index (χ1n) is 8.16.